The van der Waals surface area contributed by atoms with Crippen LogP contribution in [0.3, 0.4) is 0 Å². The van der Waals surface area contributed by atoms with E-state index < -0.39 is 0 Å². The summed E-state index contributed by atoms with van der Waals surface area (Å²) >= 11 is 0. The van der Waals surface area contributed by atoms with Gasteiger partial charge in [-0.15, -0.1) is 0 Å². The molecular formula is C12H24. The zero-order chi connectivity index (χ0) is 8.97. The molecule has 0 bridgehead atoms. The second-order valence-corrected chi connectivity index (χ2v) is 4.61. The molecule has 0 heterocycles. The zero-order valence-corrected chi connectivity index (χ0v) is 8.97. The predicted molar refractivity (Wildman–Crippen MR) is 55.2 cm³/mol. The molecule has 1 rings (SSSR count). The number of rotatable bonds is 6. The summed E-state index contributed by atoms with van der Waals surface area (Å²) in [5, 5.41) is 0. The standard InChI is InChI=1S/C12H24/c1-4-6-11(5-2)9-10(3)12-7-8-12/h10-12H,4-9H2,1-3H3. The molecule has 0 spiro atoms. The fraction of sp³-hybridized carbons (Fsp3) is 1.00. The zero-order valence-electron chi connectivity index (χ0n) is 8.97. The van der Waals surface area contributed by atoms with Crippen molar-refractivity contribution in [3.63, 3.8) is 0 Å². The van der Waals surface area contributed by atoms with Gasteiger partial charge in [-0.2, -0.15) is 0 Å². The van der Waals surface area contributed by atoms with Crippen molar-refractivity contribution in [2.75, 3.05) is 0 Å². The summed E-state index contributed by atoms with van der Waals surface area (Å²) in [6.45, 7) is 7.11. The lowest BCUT2D eigenvalue weighted by Crippen LogP contribution is -2.07. The highest BCUT2D eigenvalue weighted by Crippen LogP contribution is 2.40. The lowest BCUT2D eigenvalue weighted by Gasteiger charge is -2.18. The van der Waals surface area contributed by atoms with E-state index in [1.807, 2.05) is 0 Å². The van der Waals surface area contributed by atoms with Gasteiger partial charge in [-0.05, 0) is 37.0 Å². The highest BCUT2D eigenvalue weighted by atomic mass is 14.3. The van der Waals surface area contributed by atoms with Crippen LogP contribution < -0.4 is 0 Å². The van der Waals surface area contributed by atoms with Crippen LogP contribution in [0, 0.1) is 17.8 Å². The topological polar surface area (TPSA) is 0 Å². The Balaban J connectivity index is 2.15. The van der Waals surface area contributed by atoms with E-state index >= 15 is 0 Å². The quantitative estimate of drug-likeness (QED) is 0.556. The van der Waals surface area contributed by atoms with Crippen LogP contribution in [-0.2, 0) is 0 Å². The van der Waals surface area contributed by atoms with Crippen molar-refractivity contribution in [2.24, 2.45) is 17.8 Å². The maximum Gasteiger partial charge on any atom is -0.0388 e. The fourth-order valence-corrected chi connectivity index (χ4v) is 2.28. The van der Waals surface area contributed by atoms with E-state index in [0.29, 0.717) is 0 Å². The molecule has 0 aromatic rings. The van der Waals surface area contributed by atoms with Crippen LogP contribution in [0.2, 0.25) is 0 Å². The second-order valence-electron chi connectivity index (χ2n) is 4.61. The van der Waals surface area contributed by atoms with Crippen molar-refractivity contribution in [3.8, 4) is 0 Å². The fourth-order valence-electron chi connectivity index (χ4n) is 2.28. The van der Waals surface area contributed by atoms with Gasteiger partial charge in [0.1, 0.15) is 0 Å². The smallest absolute Gasteiger partial charge is 0.0388 e. The normalized spacial score (nSPS) is 22.2. The van der Waals surface area contributed by atoms with Crippen LogP contribution in [-0.4, -0.2) is 0 Å². The first-order valence-corrected chi connectivity index (χ1v) is 5.77. The molecule has 0 aromatic heterocycles. The van der Waals surface area contributed by atoms with Gasteiger partial charge >= 0.3 is 0 Å². The third-order valence-corrected chi connectivity index (χ3v) is 3.41. The molecule has 0 aromatic carbocycles. The molecule has 1 aliphatic rings. The van der Waals surface area contributed by atoms with Crippen molar-refractivity contribution in [2.45, 2.75) is 59.3 Å². The summed E-state index contributed by atoms with van der Waals surface area (Å²) in [6.07, 6.45) is 8.75. The van der Waals surface area contributed by atoms with Gasteiger partial charge < -0.3 is 0 Å². The van der Waals surface area contributed by atoms with Gasteiger partial charge in [0, 0.05) is 0 Å². The Morgan fingerprint density at radius 1 is 1.25 bits per heavy atom. The minimum atomic E-state index is 1.02. The molecule has 0 N–H and O–H groups in total. The average Bonchev–Trinajstić information content (AvgIpc) is 2.85. The Morgan fingerprint density at radius 3 is 2.33 bits per heavy atom. The molecule has 0 heteroatoms. The summed E-state index contributed by atoms with van der Waals surface area (Å²) in [6, 6.07) is 0. The monoisotopic (exact) mass is 168 g/mol. The maximum absolute atomic E-state index is 2.45. The van der Waals surface area contributed by atoms with Crippen molar-refractivity contribution in [1.82, 2.24) is 0 Å². The Hall–Kier alpha value is 0. The number of hydrogen-bond donors (Lipinski definition) is 0. The van der Waals surface area contributed by atoms with Crippen LogP contribution in [0.4, 0.5) is 0 Å². The lowest BCUT2D eigenvalue weighted by atomic mass is 9.88. The Labute approximate surface area is 77.7 Å². The number of hydrogen-bond acceptors (Lipinski definition) is 0. The van der Waals surface area contributed by atoms with E-state index in [9.17, 15) is 0 Å². The van der Waals surface area contributed by atoms with E-state index in [4.69, 9.17) is 0 Å². The van der Waals surface area contributed by atoms with Gasteiger partial charge in [-0.1, -0.05) is 40.0 Å². The van der Waals surface area contributed by atoms with Crippen LogP contribution in [0.1, 0.15) is 59.3 Å². The van der Waals surface area contributed by atoms with Crippen molar-refractivity contribution >= 4 is 0 Å². The van der Waals surface area contributed by atoms with Crippen LogP contribution >= 0.6 is 0 Å². The molecule has 1 fully saturated rings. The minimum absolute atomic E-state index is 1.02. The Morgan fingerprint density at radius 2 is 1.92 bits per heavy atom. The first-order chi connectivity index (χ1) is 5.77. The Bertz CT molecular complexity index is 113. The van der Waals surface area contributed by atoms with Gasteiger partial charge in [-0.25, -0.2) is 0 Å². The summed E-state index contributed by atoms with van der Waals surface area (Å²) in [4.78, 5) is 0. The van der Waals surface area contributed by atoms with Gasteiger partial charge in [0.25, 0.3) is 0 Å². The molecule has 0 saturated heterocycles. The Kier molecular flexibility index (Phi) is 4.11. The molecule has 12 heavy (non-hydrogen) atoms. The van der Waals surface area contributed by atoms with Crippen molar-refractivity contribution in [3.05, 3.63) is 0 Å². The maximum atomic E-state index is 2.45. The predicted octanol–water partition coefficient (Wildman–Crippen LogP) is 4.25. The van der Waals surface area contributed by atoms with Crippen molar-refractivity contribution in [1.29, 1.82) is 0 Å². The molecule has 0 aliphatic heterocycles. The molecule has 72 valence electrons. The molecule has 0 radical (unpaired) electrons. The molecular weight excluding hydrogens is 144 g/mol. The van der Waals surface area contributed by atoms with Gasteiger partial charge in [-0.3, -0.25) is 0 Å². The molecule has 2 atom stereocenters. The van der Waals surface area contributed by atoms with Gasteiger partial charge in [0.05, 0.1) is 0 Å². The molecule has 2 unspecified atom stereocenters. The van der Waals surface area contributed by atoms with Crippen LogP contribution in [0.5, 0.6) is 0 Å². The largest absolute Gasteiger partial charge is 0.0654 e. The SMILES string of the molecule is CCCC(CC)CC(C)C1CC1. The van der Waals surface area contributed by atoms with Crippen LogP contribution in [0.25, 0.3) is 0 Å². The minimum Gasteiger partial charge on any atom is -0.0654 e. The average molecular weight is 168 g/mol. The summed E-state index contributed by atoms with van der Waals surface area (Å²) in [7, 11) is 0. The van der Waals surface area contributed by atoms with Crippen molar-refractivity contribution < 1.29 is 0 Å². The summed E-state index contributed by atoms with van der Waals surface area (Å²) in [5.74, 6) is 3.14. The third-order valence-electron chi connectivity index (χ3n) is 3.41. The van der Waals surface area contributed by atoms with Gasteiger partial charge in [0.15, 0.2) is 0 Å². The lowest BCUT2D eigenvalue weighted by molar-refractivity contribution is 0.333. The summed E-state index contributed by atoms with van der Waals surface area (Å²) in [5.41, 5.74) is 0. The summed E-state index contributed by atoms with van der Waals surface area (Å²) < 4.78 is 0. The molecule has 1 aliphatic carbocycles. The molecule has 1 saturated carbocycles. The third kappa shape index (κ3) is 3.16. The van der Waals surface area contributed by atoms with E-state index in [1.54, 1.807) is 0 Å². The van der Waals surface area contributed by atoms with E-state index in [-0.39, 0.29) is 0 Å². The highest BCUT2D eigenvalue weighted by molar-refractivity contribution is 4.80. The van der Waals surface area contributed by atoms with Gasteiger partial charge in [0.2, 0.25) is 0 Å². The van der Waals surface area contributed by atoms with E-state index in [0.717, 1.165) is 17.8 Å². The second kappa shape index (κ2) is 4.89. The first kappa shape index (κ1) is 10.1. The highest BCUT2D eigenvalue weighted by Gasteiger charge is 2.28. The van der Waals surface area contributed by atoms with E-state index in [1.165, 1.54) is 38.5 Å². The van der Waals surface area contributed by atoms with Crippen LogP contribution in [0.15, 0.2) is 0 Å². The molecule has 0 amide bonds. The first-order valence-electron chi connectivity index (χ1n) is 5.77. The van der Waals surface area contributed by atoms with E-state index in [2.05, 4.69) is 20.8 Å². The molecule has 0 nitrogen and oxygen atoms in total.